The number of carbonyl (C=O) groups is 1. The molecule has 6 nitrogen and oxygen atoms in total. The molecule has 3 rings (SSSR count). The fourth-order valence-corrected chi connectivity index (χ4v) is 3.83. The first-order valence-corrected chi connectivity index (χ1v) is 7.83. The number of benzene rings is 1. The van der Waals surface area contributed by atoms with Crippen LogP contribution in [-0.4, -0.2) is 33.6 Å². The molecular formula is C15H17N3O3S. The van der Waals surface area contributed by atoms with Gasteiger partial charge in [0.25, 0.3) is 0 Å². The molecule has 0 saturated carbocycles. The summed E-state index contributed by atoms with van der Waals surface area (Å²) in [6.07, 6.45) is 0. The molecule has 0 saturated heterocycles. The van der Waals surface area contributed by atoms with Gasteiger partial charge in [0.1, 0.15) is 0 Å². The minimum atomic E-state index is -0.210. The molecule has 2 aromatic rings. The Morgan fingerprint density at radius 2 is 2.18 bits per heavy atom. The maximum Gasteiger partial charge on any atom is 0.238 e. The number of hydrogen-bond acceptors (Lipinski definition) is 5. The van der Waals surface area contributed by atoms with Gasteiger partial charge in [-0.15, -0.1) is 11.8 Å². The van der Waals surface area contributed by atoms with Crippen LogP contribution >= 0.6 is 11.8 Å². The smallest absolute Gasteiger partial charge is 0.238 e. The van der Waals surface area contributed by atoms with Crippen molar-refractivity contribution in [2.24, 2.45) is 0 Å². The Labute approximate surface area is 132 Å². The van der Waals surface area contributed by atoms with Gasteiger partial charge in [0, 0.05) is 11.3 Å². The number of amides is 1. The van der Waals surface area contributed by atoms with Crippen molar-refractivity contribution in [1.82, 2.24) is 10.2 Å². The molecule has 1 amide bonds. The summed E-state index contributed by atoms with van der Waals surface area (Å²) in [6.45, 7) is 3.80. The van der Waals surface area contributed by atoms with Crippen LogP contribution in [0.4, 0.5) is 5.82 Å². The second kappa shape index (κ2) is 5.57. The van der Waals surface area contributed by atoms with Crippen molar-refractivity contribution in [2.75, 3.05) is 12.4 Å². The van der Waals surface area contributed by atoms with E-state index in [9.17, 15) is 9.90 Å². The predicted molar refractivity (Wildman–Crippen MR) is 85.5 cm³/mol. The van der Waals surface area contributed by atoms with Gasteiger partial charge < -0.3 is 15.2 Å². The van der Waals surface area contributed by atoms with Crippen molar-refractivity contribution < 1.29 is 14.6 Å². The maximum absolute atomic E-state index is 12.1. The molecule has 2 heterocycles. The van der Waals surface area contributed by atoms with Crippen molar-refractivity contribution in [3.63, 3.8) is 0 Å². The number of anilines is 1. The first-order valence-electron chi connectivity index (χ1n) is 6.89. The quantitative estimate of drug-likeness (QED) is 0.792. The summed E-state index contributed by atoms with van der Waals surface area (Å²) in [6, 6.07) is 5.24. The zero-order valence-electron chi connectivity index (χ0n) is 12.5. The minimum absolute atomic E-state index is 0.0639. The van der Waals surface area contributed by atoms with Crippen molar-refractivity contribution in [2.45, 2.75) is 24.3 Å². The Morgan fingerprint density at radius 1 is 1.41 bits per heavy atom. The van der Waals surface area contributed by atoms with Crippen LogP contribution in [0.1, 0.15) is 29.0 Å². The number of thioether (sulfide) groups is 1. The van der Waals surface area contributed by atoms with Gasteiger partial charge in [0.15, 0.2) is 17.3 Å². The lowest BCUT2D eigenvalue weighted by molar-refractivity contribution is -0.115. The predicted octanol–water partition coefficient (Wildman–Crippen LogP) is 2.60. The van der Waals surface area contributed by atoms with Crippen LogP contribution in [0.25, 0.3) is 0 Å². The van der Waals surface area contributed by atoms with Crippen LogP contribution in [0.15, 0.2) is 18.2 Å². The third kappa shape index (κ3) is 2.41. The highest BCUT2D eigenvalue weighted by Crippen LogP contribution is 2.46. The van der Waals surface area contributed by atoms with E-state index in [1.807, 2.05) is 19.9 Å². The van der Waals surface area contributed by atoms with E-state index in [-0.39, 0.29) is 22.2 Å². The molecule has 1 aliphatic heterocycles. The number of ether oxygens (including phenoxy) is 1. The monoisotopic (exact) mass is 319 g/mol. The number of rotatable bonds is 2. The van der Waals surface area contributed by atoms with E-state index in [2.05, 4.69) is 15.5 Å². The van der Waals surface area contributed by atoms with Gasteiger partial charge in [-0.2, -0.15) is 5.10 Å². The van der Waals surface area contributed by atoms with Gasteiger partial charge in [-0.3, -0.25) is 9.89 Å². The number of hydrogen-bond donors (Lipinski definition) is 3. The number of aromatic hydroxyl groups is 1. The summed E-state index contributed by atoms with van der Waals surface area (Å²) in [5.74, 6) is 1.01. The highest BCUT2D eigenvalue weighted by molar-refractivity contribution is 8.01. The van der Waals surface area contributed by atoms with E-state index in [0.29, 0.717) is 11.6 Å². The summed E-state index contributed by atoms with van der Waals surface area (Å²) < 4.78 is 5.19. The second-order valence-electron chi connectivity index (χ2n) is 5.19. The van der Waals surface area contributed by atoms with Gasteiger partial charge in [0.2, 0.25) is 5.91 Å². The summed E-state index contributed by atoms with van der Waals surface area (Å²) in [5, 5.41) is 19.5. The Hall–Kier alpha value is -2.15. The van der Waals surface area contributed by atoms with Crippen LogP contribution in [0.2, 0.25) is 0 Å². The summed E-state index contributed by atoms with van der Waals surface area (Å²) in [7, 11) is 1.52. The lowest BCUT2D eigenvalue weighted by Gasteiger charge is -2.18. The lowest BCUT2D eigenvalue weighted by Crippen LogP contribution is -2.21. The number of aromatic amines is 1. The van der Waals surface area contributed by atoms with Crippen molar-refractivity contribution >= 4 is 23.5 Å². The van der Waals surface area contributed by atoms with Gasteiger partial charge in [-0.1, -0.05) is 6.07 Å². The van der Waals surface area contributed by atoms with E-state index < -0.39 is 0 Å². The number of phenolic OH excluding ortho intramolecular Hbond substituents is 1. The van der Waals surface area contributed by atoms with E-state index >= 15 is 0 Å². The van der Waals surface area contributed by atoms with Crippen LogP contribution in [0.3, 0.4) is 0 Å². The van der Waals surface area contributed by atoms with E-state index in [0.717, 1.165) is 16.8 Å². The van der Waals surface area contributed by atoms with Crippen molar-refractivity contribution in [3.05, 3.63) is 35.0 Å². The summed E-state index contributed by atoms with van der Waals surface area (Å²) in [4.78, 5) is 12.1. The third-order valence-electron chi connectivity index (χ3n) is 3.71. The Balaban J connectivity index is 2.12. The molecule has 0 spiro atoms. The first kappa shape index (κ1) is 14.8. The van der Waals surface area contributed by atoms with Gasteiger partial charge in [0.05, 0.1) is 17.6 Å². The van der Waals surface area contributed by atoms with Crippen LogP contribution < -0.4 is 10.1 Å². The number of aromatic nitrogens is 2. The van der Waals surface area contributed by atoms with Crippen molar-refractivity contribution in [1.29, 1.82) is 0 Å². The molecule has 7 heteroatoms. The van der Waals surface area contributed by atoms with Crippen LogP contribution in [-0.2, 0) is 4.79 Å². The third-order valence-corrected chi connectivity index (χ3v) is 5.12. The van der Waals surface area contributed by atoms with Gasteiger partial charge >= 0.3 is 0 Å². The first-order chi connectivity index (χ1) is 10.5. The average Bonchev–Trinajstić information content (AvgIpc) is 2.79. The highest BCUT2D eigenvalue weighted by Gasteiger charge is 2.32. The highest BCUT2D eigenvalue weighted by atomic mass is 32.2. The van der Waals surface area contributed by atoms with E-state index in [1.165, 1.54) is 7.11 Å². The number of aryl methyl sites for hydroxylation is 1. The fraction of sp³-hybridized carbons (Fsp3) is 0.333. The molecule has 2 unspecified atom stereocenters. The molecule has 0 radical (unpaired) electrons. The molecule has 0 fully saturated rings. The molecular weight excluding hydrogens is 302 g/mol. The molecule has 3 N–H and O–H groups in total. The number of phenols is 1. The number of nitrogens with one attached hydrogen (secondary N) is 2. The minimum Gasteiger partial charge on any atom is -0.504 e. The SMILES string of the molecule is COc1cc(C2SC(C)C(=O)Nc3n[nH]c(C)c32)ccc1O. The van der Waals surface area contributed by atoms with Crippen LogP contribution in [0.5, 0.6) is 11.5 Å². The number of H-pyrrole nitrogens is 1. The molecule has 1 aliphatic rings. The molecule has 2 atom stereocenters. The average molecular weight is 319 g/mol. The largest absolute Gasteiger partial charge is 0.504 e. The van der Waals surface area contributed by atoms with Gasteiger partial charge in [-0.25, -0.2) is 0 Å². The number of carbonyl (C=O) groups excluding carboxylic acids is 1. The van der Waals surface area contributed by atoms with E-state index in [4.69, 9.17) is 4.74 Å². The summed E-state index contributed by atoms with van der Waals surface area (Å²) in [5.41, 5.74) is 2.82. The number of methoxy groups -OCH3 is 1. The fourth-order valence-electron chi connectivity index (χ4n) is 2.51. The number of fused-ring (bicyclic) bond motifs is 1. The topological polar surface area (TPSA) is 87.2 Å². The Bertz CT molecular complexity index is 729. The summed E-state index contributed by atoms with van der Waals surface area (Å²) >= 11 is 1.55. The number of nitrogens with zero attached hydrogens (tertiary/aromatic N) is 1. The Morgan fingerprint density at radius 3 is 2.91 bits per heavy atom. The zero-order valence-corrected chi connectivity index (χ0v) is 13.3. The zero-order chi connectivity index (χ0) is 15.9. The second-order valence-corrected chi connectivity index (χ2v) is 6.64. The molecule has 22 heavy (non-hydrogen) atoms. The maximum atomic E-state index is 12.1. The lowest BCUT2D eigenvalue weighted by atomic mass is 10.0. The molecule has 0 aliphatic carbocycles. The normalized spacial score (nSPS) is 21.0. The van der Waals surface area contributed by atoms with Gasteiger partial charge in [-0.05, 0) is 31.5 Å². The molecule has 1 aromatic carbocycles. The van der Waals surface area contributed by atoms with Crippen LogP contribution in [0, 0.1) is 6.92 Å². The standard InChI is InChI=1S/C15H17N3O3S/c1-7-12-13(9-4-5-10(19)11(6-9)21-3)22-8(2)15(20)16-14(12)18-17-7/h4-6,8,13,19H,1-3H3,(H2,16,17,18,20). The van der Waals surface area contributed by atoms with Crippen molar-refractivity contribution in [3.8, 4) is 11.5 Å². The Kier molecular flexibility index (Phi) is 3.74. The molecule has 1 aromatic heterocycles. The molecule has 0 bridgehead atoms. The molecule has 116 valence electrons. The van der Waals surface area contributed by atoms with E-state index in [1.54, 1.807) is 23.9 Å².